The minimum atomic E-state index is -0.131. The van der Waals surface area contributed by atoms with Gasteiger partial charge in [0.1, 0.15) is 0 Å². The number of rotatable bonds is 7. The number of aromatic nitrogens is 2. The van der Waals surface area contributed by atoms with Crippen LogP contribution < -0.4 is 10.5 Å². The minimum Gasteiger partial charge on any atom is -0.378 e. The first kappa shape index (κ1) is 24.5. The van der Waals surface area contributed by atoms with E-state index in [1.165, 1.54) is 11.8 Å². The van der Waals surface area contributed by atoms with Crippen molar-refractivity contribution >= 4 is 34.3 Å². The third-order valence-electron chi connectivity index (χ3n) is 5.97. The molecule has 0 radical (unpaired) electrons. The Balaban J connectivity index is 1.60. The fourth-order valence-corrected chi connectivity index (χ4v) is 4.83. The van der Waals surface area contributed by atoms with Crippen LogP contribution in [0.3, 0.4) is 0 Å². The lowest BCUT2D eigenvalue weighted by molar-refractivity contribution is -0.127. The average Bonchev–Trinajstić information content (AvgIpc) is 2.84. The van der Waals surface area contributed by atoms with Gasteiger partial charge in [-0.25, -0.2) is 4.98 Å². The summed E-state index contributed by atoms with van der Waals surface area (Å²) in [7, 11) is 5.80. The predicted molar refractivity (Wildman–Crippen MR) is 145 cm³/mol. The van der Waals surface area contributed by atoms with Crippen LogP contribution in [0.1, 0.15) is 16.7 Å². The molecular weight excluding hydrogens is 456 g/mol. The molecule has 7 heteroatoms. The number of carbonyl (C=O) groups is 1. The Kier molecular flexibility index (Phi) is 7.26. The minimum absolute atomic E-state index is 0.0263. The van der Waals surface area contributed by atoms with Crippen molar-refractivity contribution in [2.24, 2.45) is 0 Å². The van der Waals surface area contributed by atoms with Crippen LogP contribution in [0.25, 0.3) is 16.6 Å². The number of nitrogens with zero attached hydrogens (tertiary/aromatic N) is 4. The summed E-state index contributed by atoms with van der Waals surface area (Å²) >= 11 is 1.29. The first-order valence-electron chi connectivity index (χ1n) is 11.5. The molecule has 1 heterocycles. The summed E-state index contributed by atoms with van der Waals surface area (Å²) in [4.78, 5) is 35.0. The number of benzene rings is 3. The van der Waals surface area contributed by atoms with Crippen molar-refractivity contribution in [1.82, 2.24) is 14.5 Å². The Morgan fingerprint density at radius 3 is 2.40 bits per heavy atom. The molecule has 1 aromatic heterocycles. The second kappa shape index (κ2) is 10.4. The third kappa shape index (κ3) is 5.41. The molecule has 0 saturated heterocycles. The van der Waals surface area contributed by atoms with Crippen LogP contribution in [0.15, 0.2) is 76.7 Å². The Bertz CT molecular complexity index is 1430. The lowest BCUT2D eigenvalue weighted by Crippen LogP contribution is -2.28. The van der Waals surface area contributed by atoms with Crippen molar-refractivity contribution < 1.29 is 4.79 Å². The highest BCUT2D eigenvalue weighted by Gasteiger charge is 2.18. The number of thioether (sulfide) groups is 1. The first-order valence-corrected chi connectivity index (χ1v) is 12.5. The van der Waals surface area contributed by atoms with Gasteiger partial charge in [0.2, 0.25) is 5.91 Å². The van der Waals surface area contributed by atoms with Crippen molar-refractivity contribution in [1.29, 1.82) is 0 Å². The predicted octanol–water partition coefficient (Wildman–Crippen LogP) is 4.82. The topological polar surface area (TPSA) is 58.4 Å². The van der Waals surface area contributed by atoms with Crippen molar-refractivity contribution in [3.05, 3.63) is 93.8 Å². The smallest absolute Gasteiger partial charge is 0.266 e. The fraction of sp³-hybridized carbons (Fsp3) is 0.250. The Morgan fingerprint density at radius 2 is 1.69 bits per heavy atom. The Hall–Kier alpha value is -3.58. The van der Waals surface area contributed by atoms with E-state index in [0.29, 0.717) is 22.6 Å². The number of anilines is 1. The summed E-state index contributed by atoms with van der Waals surface area (Å²) < 4.78 is 1.64. The molecule has 6 nitrogen and oxygen atoms in total. The first-order chi connectivity index (χ1) is 16.7. The second-order valence-corrected chi connectivity index (χ2v) is 9.88. The van der Waals surface area contributed by atoms with Gasteiger partial charge in [-0.1, -0.05) is 48.2 Å². The van der Waals surface area contributed by atoms with Crippen molar-refractivity contribution in [2.45, 2.75) is 25.5 Å². The number of hydrogen-bond donors (Lipinski definition) is 0. The second-order valence-electron chi connectivity index (χ2n) is 8.94. The molecule has 0 unspecified atom stereocenters. The van der Waals surface area contributed by atoms with Crippen LogP contribution in [-0.4, -0.2) is 47.3 Å². The van der Waals surface area contributed by atoms with E-state index < -0.39 is 0 Å². The van der Waals surface area contributed by atoms with Gasteiger partial charge < -0.3 is 9.80 Å². The quantitative estimate of drug-likeness (QED) is 0.277. The number of hydrogen-bond acceptors (Lipinski definition) is 5. The van der Waals surface area contributed by atoms with Crippen LogP contribution in [0.2, 0.25) is 0 Å². The number of carbonyl (C=O) groups excluding carboxylic acids is 1. The highest BCUT2D eigenvalue weighted by Crippen LogP contribution is 2.24. The van der Waals surface area contributed by atoms with Gasteiger partial charge >= 0.3 is 0 Å². The van der Waals surface area contributed by atoms with E-state index in [0.717, 1.165) is 28.1 Å². The summed E-state index contributed by atoms with van der Waals surface area (Å²) in [5, 5.41) is 1.07. The van der Waals surface area contributed by atoms with Crippen LogP contribution in [0.4, 0.5) is 5.69 Å². The highest BCUT2D eigenvalue weighted by molar-refractivity contribution is 7.99. The monoisotopic (exact) mass is 486 g/mol. The summed E-state index contributed by atoms with van der Waals surface area (Å²) in [5.41, 5.74) is 5.49. The number of fused-ring (bicyclic) bond motifs is 1. The zero-order chi connectivity index (χ0) is 25.1. The molecule has 0 atom stereocenters. The molecule has 0 aliphatic rings. The Morgan fingerprint density at radius 1 is 0.971 bits per heavy atom. The lowest BCUT2D eigenvalue weighted by Gasteiger charge is -2.19. The van der Waals surface area contributed by atoms with Crippen molar-refractivity contribution in [3.8, 4) is 5.69 Å². The molecule has 4 rings (SSSR count). The number of amides is 1. The fourth-order valence-electron chi connectivity index (χ4n) is 3.88. The van der Waals surface area contributed by atoms with Gasteiger partial charge in [0.15, 0.2) is 5.16 Å². The standard InChI is InChI=1S/C28H30N4O2S/c1-19-10-11-20(2)25(16-19)32-27(34)23-8-6-7-9-24(23)29-28(32)35-18-26(33)31(5)17-21-12-14-22(15-13-21)30(3)4/h6-16H,17-18H2,1-5H3. The highest BCUT2D eigenvalue weighted by atomic mass is 32.2. The van der Waals surface area contributed by atoms with E-state index in [2.05, 4.69) is 0 Å². The maximum Gasteiger partial charge on any atom is 0.266 e. The van der Waals surface area contributed by atoms with E-state index in [4.69, 9.17) is 4.98 Å². The van der Waals surface area contributed by atoms with E-state index in [-0.39, 0.29) is 17.2 Å². The van der Waals surface area contributed by atoms with E-state index in [9.17, 15) is 9.59 Å². The third-order valence-corrected chi connectivity index (χ3v) is 6.90. The number of para-hydroxylation sites is 1. The van der Waals surface area contributed by atoms with Gasteiger partial charge in [-0.05, 0) is 60.9 Å². The summed E-state index contributed by atoms with van der Waals surface area (Å²) in [5.74, 6) is 0.156. The lowest BCUT2D eigenvalue weighted by atomic mass is 10.1. The van der Waals surface area contributed by atoms with E-state index in [1.807, 2.05) is 93.5 Å². The molecule has 1 amide bonds. The molecule has 3 aromatic carbocycles. The molecule has 0 spiro atoms. The maximum absolute atomic E-state index is 13.5. The Labute approximate surface area is 210 Å². The average molecular weight is 487 g/mol. The number of aryl methyl sites for hydroxylation is 2. The molecule has 180 valence electrons. The molecular formula is C28H30N4O2S. The van der Waals surface area contributed by atoms with Gasteiger partial charge in [0.25, 0.3) is 5.56 Å². The van der Waals surface area contributed by atoms with Gasteiger partial charge in [-0.3, -0.25) is 14.2 Å². The van der Waals surface area contributed by atoms with Gasteiger partial charge in [0, 0.05) is 33.4 Å². The summed E-state index contributed by atoms with van der Waals surface area (Å²) in [6.45, 7) is 4.49. The molecule has 0 aliphatic carbocycles. The molecule has 35 heavy (non-hydrogen) atoms. The van der Waals surface area contributed by atoms with Crippen molar-refractivity contribution in [3.63, 3.8) is 0 Å². The van der Waals surface area contributed by atoms with Crippen LogP contribution >= 0.6 is 11.8 Å². The molecule has 0 bridgehead atoms. The van der Waals surface area contributed by atoms with Gasteiger partial charge in [-0.2, -0.15) is 0 Å². The molecule has 0 N–H and O–H groups in total. The van der Waals surface area contributed by atoms with Gasteiger partial charge in [0.05, 0.1) is 22.3 Å². The zero-order valence-corrected chi connectivity index (χ0v) is 21.6. The largest absolute Gasteiger partial charge is 0.378 e. The molecule has 4 aromatic rings. The molecule has 0 aliphatic heterocycles. The maximum atomic E-state index is 13.5. The van der Waals surface area contributed by atoms with E-state index in [1.54, 1.807) is 22.6 Å². The zero-order valence-electron chi connectivity index (χ0n) is 20.8. The van der Waals surface area contributed by atoms with Gasteiger partial charge in [-0.15, -0.1) is 0 Å². The van der Waals surface area contributed by atoms with Crippen LogP contribution in [0, 0.1) is 13.8 Å². The SMILES string of the molecule is Cc1ccc(C)c(-n2c(SCC(=O)N(C)Cc3ccc(N(C)C)cc3)nc3ccccc3c2=O)c1. The molecule has 0 saturated carbocycles. The normalized spacial score (nSPS) is 11.0. The summed E-state index contributed by atoms with van der Waals surface area (Å²) in [6, 6.07) is 21.5. The van der Waals surface area contributed by atoms with E-state index >= 15 is 0 Å². The summed E-state index contributed by atoms with van der Waals surface area (Å²) in [6.07, 6.45) is 0. The van der Waals surface area contributed by atoms with Crippen molar-refractivity contribution in [2.75, 3.05) is 31.8 Å². The molecule has 0 fully saturated rings. The van der Waals surface area contributed by atoms with Crippen LogP contribution in [-0.2, 0) is 11.3 Å². The van der Waals surface area contributed by atoms with Crippen LogP contribution in [0.5, 0.6) is 0 Å².